The molecule has 8 heteroatoms. The standard InChI is InChI=1S/C17H24N4OS.2ClH/c1-12-3-2-4-14-16(12)19-15(20-17(14)22)11-23-13-5-8-21(9-6-13)10-7-18;;/h2-4,13H,5-11,18H2,1H3,(H,19,20,22);2*1H. The van der Waals surface area contributed by atoms with Crippen LogP contribution in [0.5, 0.6) is 0 Å². The number of benzene rings is 1. The maximum atomic E-state index is 12.2. The zero-order valence-electron chi connectivity index (χ0n) is 14.4. The number of para-hydroxylation sites is 1. The molecule has 2 heterocycles. The minimum absolute atomic E-state index is 0. The quantitative estimate of drug-likeness (QED) is 0.800. The van der Waals surface area contributed by atoms with E-state index in [-0.39, 0.29) is 30.4 Å². The van der Waals surface area contributed by atoms with Gasteiger partial charge in [0.25, 0.3) is 5.56 Å². The second-order valence-electron chi connectivity index (χ2n) is 6.12. The summed E-state index contributed by atoms with van der Waals surface area (Å²) in [4.78, 5) is 22.2. The minimum Gasteiger partial charge on any atom is -0.329 e. The van der Waals surface area contributed by atoms with Crippen LogP contribution in [-0.2, 0) is 5.75 Å². The van der Waals surface area contributed by atoms with Gasteiger partial charge in [0.15, 0.2) is 0 Å². The van der Waals surface area contributed by atoms with Gasteiger partial charge in [0, 0.05) is 18.3 Å². The van der Waals surface area contributed by atoms with Crippen LogP contribution in [0.4, 0.5) is 0 Å². The number of likely N-dealkylation sites (tertiary alicyclic amines) is 1. The summed E-state index contributed by atoms with van der Waals surface area (Å²) >= 11 is 1.90. The van der Waals surface area contributed by atoms with E-state index in [0.717, 1.165) is 48.8 Å². The van der Waals surface area contributed by atoms with Crippen molar-refractivity contribution in [2.45, 2.75) is 30.8 Å². The SMILES string of the molecule is Cc1cccc2c(=O)[nH]c(CSC3CCN(CCN)CC3)nc12.Cl.Cl. The Morgan fingerprint density at radius 3 is 2.72 bits per heavy atom. The molecule has 0 bridgehead atoms. The molecule has 1 aliphatic heterocycles. The molecule has 25 heavy (non-hydrogen) atoms. The highest BCUT2D eigenvalue weighted by molar-refractivity contribution is 7.99. The Morgan fingerprint density at radius 2 is 2.04 bits per heavy atom. The van der Waals surface area contributed by atoms with Crippen LogP contribution >= 0.6 is 36.6 Å². The fourth-order valence-electron chi connectivity index (χ4n) is 3.10. The van der Waals surface area contributed by atoms with E-state index >= 15 is 0 Å². The van der Waals surface area contributed by atoms with Crippen molar-refractivity contribution in [3.63, 3.8) is 0 Å². The second-order valence-corrected chi connectivity index (χ2v) is 7.41. The Morgan fingerprint density at radius 1 is 1.32 bits per heavy atom. The summed E-state index contributed by atoms with van der Waals surface area (Å²) in [5.41, 5.74) is 7.45. The van der Waals surface area contributed by atoms with Crippen molar-refractivity contribution in [3.8, 4) is 0 Å². The number of nitrogens with zero attached hydrogens (tertiary/aromatic N) is 2. The van der Waals surface area contributed by atoms with Crippen LogP contribution in [0.25, 0.3) is 10.9 Å². The number of piperidine rings is 1. The molecule has 1 saturated heterocycles. The van der Waals surface area contributed by atoms with Crippen LogP contribution in [0.2, 0.25) is 0 Å². The fourth-order valence-corrected chi connectivity index (χ4v) is 4.17. The highest BCUT2D eigenvalue weighted by atomic mass is 35.5. The molecule has 1 aromatic heterocycles. The lowest BCUT2D eigenvalue weighted by Crippen LogP contribution is -2.37. The van der Waals surface area contributed by atoms with Crippen molar-refractivity contribution in [1.29, 1.82) is 0 Å². The molecule has 0 saturated carbocycles. The molecule has 5 nitrogen and oxygen atoms in total. The van der Waals surface area contributed by atoms with E-state index in [1.54, 1.807) is 0 Å². The maximum Gasteiger partial charge on any atom is 0.258 e. The number of aromatic nitrogens is 2. The van der Waals surface area contributed by atoms with Crippen molar-refractivity contribution in [1.82, 2.24) is 14.9 Å². The predicted molar refractivity (Wildman–Crippen MR) is 111 cm³/mol. The fraction of sp³-hybridized carbons (Fsp3) is 0.529. The monoisotopic (exact) mass is 404 g/mol. The van der Waals surface area contributed by atoms with Gasteiger partial charge in [-0.05, 0) is 44.5 Å². The first kappa shape index (κ1) is 22.3. The number of halogens is 2. The van der Waals surface area contributed by atoms with Gasteiger partial charge in [-0.15, -0.1) is 24.8 Å². The second kappa shape index (κ2) is 10.4. The Labute approximate surface area is 165 Å². The van der Waals surface area contributed by atoms with Gasteiger partial charge in [0.2, 0.25) is 0 Å². The lowest BCUT2D eigenvalue weighted by Gasteiger charge is -2.31. The van der Waals surface area contributed by atoms with Crippen molar-refractivity contribution >= 4 is 47.5 Å². The number of rotatable bonds is 5. The Kier molecular flexibility index (Phi) is 9.24. The highest BCUT2D eigenvalue weighted by Gasteiger charge is 2.19. The molecule has 0 aliphatic carbocycles. The van der Waals surface area contributed by atoms with Crippen LogP contribution in [0.3, 0.4) is 0 Å². The van der Waals surface area contributed by atoms with E-state index in [9.17, 15) is 4.79 Å². The van der Waals surface area contributed by atoms with E-state index in [1.807, 2.05) is 36.9 Å². The van der Waals surface area contributed by atoms with Crippen LogP contribution in [0.15, 0.2) is 23.0 Å². The normalized spacial score (nSPS) is 15.6. The van der Waals surface area contributed by atoms with Gasteiger partial charge in [0.05, 0.1) is 16.7 Å². The molecule has 3 rings (SSSR count). The number of thioether (sulfide) groups is 1. The number of H-pyrrole nitrogens is 1. The minimum atomic E-state index is -0.0351. The molecule has 0 unspecified atom stereocenters. The molecule has 140 valence electrons. The van der Waals surface area contributed by atoms with Crippen LogP contribution in [0, 0.1) is 6.92 Å². The third kappa shape index (κ3) is 5.59. The number of fused-ring (bicyclic) bond motifs is 1. The third-order valence-electron chi connectivity index (χ3n) is 4.42. The zero-order valence-corrected chi connectivity index (χ0v) is 16.8. The summed E-state index contributed by atoms with van der Waals surface area (Å²) in [5.74, 6) is 1.55. The number of aromatic amines is 1. The number of hydrogen-bond acceptors (Lipinski definition) is 5. The molecule has 0 amide bonds. The molecule has 1 aliphatic rings. The number of aryl methyl sites for hydroxylation is 1. The summed E-state index contributed by atoms with van der Waals surface area (Å²) in [5, 5.41) is 1.32. The molecule has 1 fully saturated rings. The largest absolute Gasteiger partial charge is 0.329 e. The van der Waals surface area contributed by atoms with Gasteiger partial charge in [-0.25, -0.2) is 4.98 Å². The maximum absolute atomic E-state index is 12.2. The van der Waals surface area contributed by atoms with Gasteiger partial charge in [0.1, 0.15) is 5.82 Å². The summed E-state index contributed by atoms with van der Waals surface area (Å²) in [7, 11) is 0. The first-order valence-corrected chi connectivity index (χ1v) is 9.25. The van der Waals surface area contributed by atoms with Gasteiger partial charge in [-0.1, -0.05) is 12.1 Å². The van der Waals surface area contributed by atoms with Crippen molar-refractivity contribution in [2.24, 2.45) is 5.73 Å². The van der Waals surface area contributed by atoms with Gasteiger partial charge in [-0.3, -0.25) is 4.79 Å². The molecular formula is C17H26Cl2N4OS. The van der Waals surface area contributed by atoms with E-state index < -0.39 is 0 Å². The van der Waals surface area contributed by atoms with Crippen LogP contribution in [0.1, 0.15) is 24.2 Å². The molecule has 2 aromatic rings. The lowest BCUT2D eigenvalue weighted by atomic mass is 10.1. The molecule has 3 N–H and O–H groups in total. The summed E-state index contributed by atoms with van der Waals surface area (Å²) in [6.45, 7) is 5.97. The Balaban J connectivity index is 0.00000156. The number of hydrogen-bond donors (Lipinski definition) is 2. The smallest absolute Gasteiger partial charge is 0.258 e. The summed E-state index contributed by atoms with van der Waals surface area (Å²) in [6.07, 6.45) is 2.36. The number of nitrogens with one attached hydrogen (secondary N) is 1. The molecule has 0 spiro atoms. The van der Waals surface area contributed by atoms with E-state index in [0.29, 0.717) is 10.6 Å². The zero-order chi connectivity index (χ0) is 16.2. The van der Waals surface area contributed by atoms with Gasteiger partial charge in [-0.2, -0.15) is 11.8 Å². The Bertz CT molecular complexity index is 732. The first-order valence-electron chi connectivity index (χ1n) is 8.20. The van der Waals surface area contributed by atoms with Gasteiger partial charge >= 0.3 is 0 Å². The van der Waals surface area contributed by atoms with E-state index in [1.165, 1.54) is 12.8 Å². The van der Waals surface area contributed by atoms with Crippen molar-refractivity contribution in [3.05, 3.63) is 39.9 Å². The highest BCUT2D eigenvalue weighted by Crippen LogP contribution is 2.25. The predicted octanol–water partition coefficient (Wildman–Crippen LogP) is 2.73. The third-order valence-corrected chi connectivity index (χ3v) is 5.81. The summed E-state index contributed by atoms with van der Waals surface area (Å²) in [6, 6.07) is 5.73. The molecule has 0 atom stereocenters. The Hall–Kier alpha value is -0.790. The average Bonchev–Trinajstić information content (AvgIpc) is 2.56. The van der Waals surface area contributed by atoms with E-state index in [2.05, 4.69) is 14.9 Å². The summed E-state index contributed by atoms with van der Waals surface area (Å²) < 4.78 is 0. The molecule has 1 aromatic carbocycles. The average molecular weight is 405 g/mol. The molecule has 0 radical (unpaired) electrons. The number of nitrogens with two attached hydrogens (primary N) is 1. The van der Waals surface area contributed by atoms with Crippen LogP contribution in [-0.4, -0.2) is 46.3 Å². The first-order chi connectivity index (χ1) is 11.2. The van der Waals surface area contributed by atoms with Crippen LogP contribution < -0.4 is 11.3 Å². The van der Waals surface area contributed by atoms with E-state index in [4.69, 9.17) is 5.73 Å². The lowest BCUT2D eigenvalue weighted by molar-refractivity contribution is 0.239. The van der Waals surface area contributed by atoms with Crippen molar-refractivity contribution < 1.29 is 0 Å². The van der Waals surface area contributed by atoms with Gasteiger partial charge < -0.3 is 15.6 Å². The van der Waals surface area contributed by atoms with Crippen molar-refractivity contribution in [2.75, 3.05) is 26.2 Å². The topological polar surface area (TPSA) is 75.0 Å². The molecular weight excluding hydrogens is 379 g/mol.